The highest BCUT2D eigenvalue weighted by Gasteiger charge is 2.24. The third kappa shape index (κ3) is 5.76. The predicted octanol–water partition coefficient (Wildman–Crippen LogP) is 3.88. The number of ether oxygens (including phenoxy) is 1. The molecule has 4 rings (SSSR count). The normalized spacial score (nSPS) is 19.2. The third-order valence-corrected chi connectivity index (χ3v) is 5.96. The number of benzene rings is 1. The maximum atomic E-state index is 12.6. The summed E-state index contributed by atoms with van der Waals surface area (Å²) < 4.78 is 5.66. The van der Waals surface area contributed by atoms with E-state index in [2.05, 4.69) is 31.9 Å². The van der Waals surface area contributed by atoms with Gasteiger partial charge >= 0.3 is 6.01 Å². The molecular weight excluding hydrogens is 364 g/mol. The Balaban J connectivity index is 1.28. The summed E-state index contributed by atoms with van der Waals surface area (Å²) in [5.41, 5.74) is 1.22. The molecule has 2 fully saturated rings. The average Bonchev–Trinajstić information content (AvgIpc) is 2.93. The molecule has 154 valence electrons. The molecule has 0 N–H and O–H groups in total. The van der Waals surface area contributed by atoms with Crippen LogP contribution in [0.1, 0.15) is 44.1 Å². The lowest BCUT2D eigenvalue weighted by Gasteiger charge is -2.29. The van der Waals surface area contributed by atoms with Crippen LogP contribution < -0.4 is 4.74 Å². The van der Waals surface area contributed by atoms with Crippen LogP contribution in [-0.2, 0) is 11.3 Å². The Morgan fingerprint density at radius 3 is 2.48 bits per heavy atom. The average molecular weight is 395 g/mol. The molecule has 2 aromatic rings. The summed E-state index contributed by atoms with van der Waals surface area (Å²) in [6.07, 6.45) is 10.5. The number of hydrogen-bond donors (Lipinski definition) is 0. The minimum atomic E-state index is 0.324. The largest absolute Gasteiger partial charge is 0.424 e. The summed E-state index contributed by atoms with van der Waals surface area (Å²) in [6.45, 7) is 4.43. The van der Waals surface area contributed by atoms with Gasteiger partial charge in [-0.15, -0.1) is 0 Å². The smallest absolute Gasteiger partial charge is 0.321 e. The van der Waals surface area contributed by atoms with E-state index < -0.39 is 0 Å². The van der Waals surface area contributed by atoms with Crippen molar-refractivity contribution in [2.24, 2.45) is 5.92 Å². The lowest BCUT2D eigenvalue weighted by molar-refractivity contribution is -0.131. The van der Waals surface area contributed by atoms with Gasteiger partial charge in [0.25, 0.3) is 0 Å². The van der Waals surface area contributed by atoms with Crippen molar-refractivity contribution in [2.75, 3.05) is 26.2 Å². The van der Waals surface area contributed by atoms with Gasteiger partial charge in [0.1, 0.15) is 5.75 Å². The van der Waals surface area contributed by atoms with E-state index in [1.165, 1.54) is 37.7 Å². The van der Waals surface area contributed by atoms with Gasteiger partial charge in [-0.1, -0.05) is 31.4 Å². The van der Waals surface area contributed by atoms with Crippen molar-refractivity contribution in [1.29, 1.82) is 0 Å². The van der Waals surface area contributed by atoms with E-state index in [1.54, 1.807) is 18.5 Å². The zero-order valence-corrected chi connectivity index (χ0v) is 17.0. The molecule has 29 heavy (non-hydrogen) atoms. The molecule has 1 amide bonds. The molecule has 2 heterocycles. The number of carbonyl (C=O) groups is 1. The summed E-state index contributed by atoms with van der Waals surface area (Å²) in [7, 11) is 0. The summed E-state index contributed by atoms with van der Waals surface area (Å²) in [6, 6.07) is 10.2. The van der Waals surface area contributed by atoms with Crippen molar-refractivity contribution in [1.82, 2.24) is 19.8 Å². The van der Waals surface area contributed by atoms with Crippen LogP contribution in [0, 0.1) is 5.92 Å². The van der Waals surface area contributed by atoms with E-state index in [0.717, 1.165) is 38.5 Å². The zero-order valence-electron chi connectivity index (χ0n) is 17.0. The second kappa shape index (κ2) is 9.83. The van der Waals surface area contributed by atoms with Crippen molar-refractivity contribution >= 4 is 5.91 Å². The number of amides is 1. The van der Waals surface area contributed by atoms with Gasteiger partial charge < -0.3 is 9.64 Å². The third-order valence-electron chi connectivity index (χ3n) is 5.96. The maximum absolute atomic E-state index is 12.6. The van der Waals surface area contributed by atoms with E-state index in [0.29, 0.717) is 24.3 Å². The van der Waals surface area contributed by atoms with E-state index in [1.807, 2.05) is 12.1 Å². The molecule has 0 radical (unpaired) electrons. The second-order valence-corrected chi connectivity index (χ2v) is 8.15. The van der Waals surface area contributed by atoms with Crippen LogP contribution in [0.5, 0.6) is 11.8 Å². The summed E-state index contributed by atoms with van der Waals surface area (Å²) >= 11 is 0. The molecule has 1 aromatic heterocycles. The van der Waals surface area contributed by atoms with Crippen LogP contribution >= 0.6 is 0 Å². The first-order valence-corrected chi connectivity index (χ1v) is 10.8. The fourth-order valence-corrected chi connectivity index (χ4v) is 4.31. The Kier molecular flexibility index (Phi) is 6.72. The van der Waals surface area contributed by atoms with Gasteiger partial charge in [0.15, 0.2) is 0 Å². The van der Waals surface area contributed by atoms with Gasteiger partial charge in [0.05, 0.1) is 0 Å². The summed E-state index contributed by atoms with van der Waals surface area (Å²) in [5.74, 6) is 1.76. The Hall–Kier alpha value is -2.47. The Morgan fingerprint density at radius 1 is 0.966 bits per heavy atom. The molecule has 6 heteroatoms. The molecule has 2 aliphatic rings. The molecule has 1 aromatic carbocycles. The SMILES string of the molecule is O=C1CCN(Cc2ccc(Oc3ncccn3)cc2)CCN1CC1CCCCC1. The molecule has 0 bridgehead atoms. The van der Waals surface area contributed by atoms with Crippen molar-refractivity contribution in [3.63, 3.8) is 0 Å². The zero-order chi connectivity index (χ0) is 19.9. The first-order chi connectivity index (χ1) is 14.3. The van der Waals surface area contributed by atoms with Gasteiger partial charge in [0.2, 0.25) is 5.91 Å². The van der Waals surface area contributed by atoms with Gasteiger partial charge in [-0.05, 0) is 42.5 Å². The minimum Gasteiger partial charge on any atom is -0.424 e. The van der Waals surface area contributed by atoms with Gasteiger partial charge in [-0.3, -0.25) is 9.69 Å². The van der Waals surface area contributed by atoms with Gasteiger partial charge in [0, 0.05) is 51.5 Å². The monoisotopic (exact) mass is 394 g/mol. The lowest BCUT2D eigenvalue weighted by Crippen LogP contribution is -2.37. The molecule has 1 saturated carbocycles. The molecule has 1 aliphatic heterocycles. The topological polar surface area (TPSA) is 58.6 Å². The van der Waals surface area contributed by atoms with Crippen LogP contribution in [0.4, 0.5) is 0 Å². The van der Waals surface area contributed by atoms with E-state index >= 15 is 0 Å². The minimum absolute atomic E-state index is 0.324. The maximum Gasteiger partial charge on any atom is 0.321 e. The number of hydrogen-bond acceptors (Lipinski definition) is 5. The highest BCUT2D eigenvalue weighted by Crippen LogP contribution is 2.25. The molecule has 1 aliphatic carbocycles. The molecule has 6 nitrogen and oxygen atoms in total. The Bertz CT molecular complexity index is 775. The first kappa shape index (κ1) is 19.8. The van der Waals surface area contributed by atoms with Crippen LogP contribution in [0.3, 0.4) is 0 Å². The summed E-state index contributed by atoms with van der Waals surface area (Å²) in [5, 5.41) is 0. The highest BCUT2D eigenvalue weighted by molar-refractivity contribution is 5.76. The number of aromatic nitrogens is 2. The number of nitrogens with zero attached hydrogens (tertiary/aromatic N) is 4. The molecule has 1 saturated heterocycles. The van der Waals surface area contributed by atoms with Crippen molar-refractivity contribution in [2.45, 2.75) is 45.1 Å². The van der Waals surface area contributed by atoms with E-state index in [-0.39, 0.29) is 0 Å². The Morgan fingerprint density at radius 2 is 1.72 bits per heavy atom. The quantitative estimate of drug-likeness (QED) is 0.744. The van der Waals surface area contributed by atoms with Crippen LogP contribution in [0.2, 0.25) is 0 Å². The van der Waals surface area contributed by atoms with Crippen molar-refractivity contribution in [3.05, 3.63) is 48.3 Å². The van der Waals surface area contributed by atoms with Crippen LogP contribution in [0.25, 0.3) is 0 Å². The first-order valence-electron chi connectivity index (χ1n) is 10.8. The van der Waals surface area contributed by atoms with Crippen LogP contribution in [0.15, 0.2) is 42.7 Å². The lowest BCUT2D eigenvalue weighted by atomic mass is 9.89. The fraction of sp³-hybridized carbons (Fsp3) is 0.522. The molecular formula is C23H30N4O2. The predicted molar refractivity (Wildman–Crippen MR) is 112 cm³/mol. The van der Waals surface area contributed by atoms with E-state index in [9.17, 15) is 4.79 Å². The van der Waals surface area contributed by atoms with Crippen LogP contribution in [-0.4, -0.2) is 51.9 Å². The van der Waals surface area contributed by atoms with Crippen molar-refractivity contribution in [3.8, 4) is 11.8 Å². The molecule has 0 unspecified atom stereocenters. The van der Waals surface area contributed by atoms with Gasteiger partial charge in [-0.2, -0.15) is 0 Å². The highest BCUT2D eigenvalue weighted by atomic mass is 16.5. The Labute approximate surface area is 172 Å². The van der Waals surface area contributed by atoms with Crippen molar-refractivity contribution < 1.29 is 9.53 Å². The fourth-order valence-electron chi connectivity index (χ4n) is 4.31. The molecule has 0 spiro atoms. The van der Waals surface area contributed by atoms with Gasteiger partial charge in [-0.25, -0.2) is 9.97 Å². The second-order valence-electron chi connectivity index (χ2n) is 8.15. The molecule has 0 atom stereocenters. The number of carbonyl (C=O) groups excluding carboxylic acids is 1. The standard InChI is InChI=1S/C23H30N4O2/c28-22-11-14-26(15-16-27(22)18-19-5-2-1-3-6-19)17-20-7-9-21(10-8-20)29-23-24-12-4-13-25-23/h4,7-10,12-13,19H,1-3,5-6,11,14-18H2. The summed E-state index contributed by atoms with van der Waals surface area (Å²) in [4.78, 5) is 25.2. The van der Waals surface area contributed by atoms with E-state index in [4.69, 9.17) is 4.74 Å². The number of rotatable bonds is 6.